The van der Waals surface area contributed by atoms with Crippen molar-refractivity contribution in [1.82, 2.24) is 5.32 Å². The topological polar surface area (TPSA) is 55.1 Å². The molecule has 0 aromatic heterocycles. The van der Waals surface area contributed by atoms with Crippen LogP contribution in [0.3, 0.4) is 0 Å². The molecule has 0 spiro atoms. The van der Waals surface area contributed by atoms with E-state index in [-0.39, 0.29) is 23.9 Å². The molecule has 0 bridgehead atoms. The Morgan fingerprint density at radius 2 is 1.95 bits per heavy atom. The highest BCUT2D eigenvalue weighted by Gasteiger charge is 2.21. The molecule has 0 saturated heterocycles. The Kier molecular flexibility index (Phi) is 7.42. The number of aryl methyl sites for hydroxylation is 1. The molecule has 0 radical (unpaired) electrons. The molecule has 3 nitrogen and oxygen atoms in total. The minimum atomic E-state index is -0.323. The van der Waals surface area contributed by atoms with Crippen LogP contribution in [0.15, 0.2) is 18.2 Å². The van der Waals surface area contributed by atoms with E-state index in [4.69, 9.17) is 17.3 Å². The first-order chi connectivity index (χ1) is 8.41. The van der Waals surface area contributed by atoms with Crippen molar-refractivity contribution in [2.45, 2.75) is 39.2 Å². The fraction of sp³-hybridized carbons (Fsp3) is 0.500. The first kappa shape index (κ1) is 18.2. The Hall–Kier alpha value is -0.770. The van der Waals surface area contributed by atoms with Crippen molar-refractivity contribution in [2.24, 2.45) is 5.73 Å². The molecule has 3 N–H and O–H groups in total. The van der Waals surface area contributed by atoms with E-state index < -0.39 is 0 Å². The number of hydrogen-bond donors (Lipinski definition) is 2. The Morgan fingerprint density at radius 3 is 2.42 bits per heavy atom. The molecular formula is C14H22Cl2N2O. The van der Waals surface area contributed by atoms with Gasteiger partial charge in [0.05, 0.1) is 0 Å². The highest BCUT2D eigenvalue weighted by Crippen LogP contribution is 2.15. The van der Waals surface area contributed by atoms with Crippen molar-refractivity contribution < 1.29 is 4.79 Å². The number of hydrogen-bond acceptors (Lipinski definition) is 2. The highest BCUT2D eigenvalue weighted by molar-refractivity contribution is 6.30. The summed E-state index contributed by atoms with van der Waals surface area (Å²) in [5.41, 5.74) is 7.34. The molecule has 1 rings (SSSR count). The molecule has 5 heteroatoms. The van der Waals surface area contributed by atoms with Gasteiger partial charge in [-0.25, -0.2) is 0 Å². The van der Waals surface area contributed by atoms with Gasteiger partial charge in [-0.2, -0.15) is 0 Å². The normalized spacial score (nSPS) is 10.8. The first-order valence-corrected chi connectivity index (χ1v) is 6.63. The summed E-state index contributed by atoms with van der Waals surface area (Å²) in [5, 5.41) is 3.53. The molecule has 1 aromatic carbocycles. The van der Waals surface area contributed by atoms with Gasteiger partial charge in [0, 0.05) is 22.7 Å². The van der Waals surface area contributed by atoms with Crippen LogP contribution in [0.25, 0.3) is 0 Å². The number of halogens is 2. The van der Waals surface area contributed by atoms with Crippen molar-refractivity contribution in [1.29, 1.82) is 0 Å². The summed E-state index contributed by atoms with van der Waals surface area (Å²) in [7, 11) is 0. The lowest BCUT2D eigenvalue weighted by Crippen LogP contribution is -2.49. The van der Waals surface area contributed by atoms with E-state index in [0.717, 1.165) is 18.4 Å². The van der Waals surface area contributed by atoms with Crippen molar-refractivity contribution in [3.05, 3.63) is 34.3 Å². The van der Waals surface area contributed by atoms with E-state index in [1.807, 2.05) is 20.8 Å². The number of nitrogens with two attached hydrogens (primary N) is 1. The van der Waals surface area contributed by atoms with Crippen LogP contribution in [-0.4, -0.2) is 18.0 Å². The Bertz CT molecular complexity index is 431. The number of carbonyl (C=O) groups excluding carboxylic acids is 1. The van der Waals surface area contributed by atoms with Crippen LogP contribution in [0.1, 0.15) is 42.6 Å². The van der Waals surface area contributed by atoms with Gasteiger partial charge in [0.2, 0.25) is 0 Å². The summed E-state index contributed by atoms with van der Waals surface area (Å²) in [6.07, 6.45) is 1.67. The zero-order valence-corrected chi connectivity index (χ0v) is 13.2. The molecule has 0 aliphatic heterocycles. The number of rotatable bonds is 5. The summed E-state index contributed by atoms with van der Waals surface area (Å²) < 4.78 is 0. The zero-order valence-electron chi connectivity index (χ0n) is 11.6. The molecule has 0 unspecified atom stereocenters. The molecule has 0 fully saturated rings. The molecule has 1 aromatic rings. The monoisotopic (exact) mass is 304 g/mol. The van der Waals surface area contributed by atoms with E-state index >= 15 is 0 Å². The Morgan fingerprint density at radius 1 is 1.37 bits per heavy atom. The number of benzene rings is 1. The molecule has 0 atom stereocenters. The van der Waals surface area contributed by atoms with Crippen LogP contribution in [0, 0.1) is 6.92 Å². The lowest BCUT2D eigenvalue weighted by molar-refractivity contribution is 0.0941. The fourth-order valence-electron chi connectivity index (χ4n) is 1.73. The minimum Gasteiger partial charge on any atom is -0.350 e. The van der Waals surface area contributed by atoms with Gasteiger partial charge >= 0.3 is 0 Å². The first-order valence-electron chi connectivity index (χ1n) is 6.25. The molecule has 1 amide bonds. The van der Waals surface area contributed by atoms with Crippen molar-refractivity contribution >= 4 is 29.9 Å². The predicted molar refractivity (Wildman–Crippen MR) is 83.3 cm³/mol. The van der Waals surface area contributed by atoms with E-state index in [2.05, 4.69) is 5.32 Å². The third-order valence-corrected chi connectivity index (χ3v) is 3.68. The number of carbonyl (C=O) groups is 1. The van der Waals surface area contributed by atoms with E-state index in [0.29, 0.717) is 17.1 Å². The SMILES string of the molecule is CCC(N)(CC)CNC(=O)c1ccc(Cl)cc1C.Cl. The summed E-state index contributed by atoms with van der Waals surface area (Å²) in [4.78, 5) is 12.0. The maximum atomic E-state index is 12.0. The molecular weight excluding hydrogens is 283 g/mol. The van der Waals surface area contributed by atoms with Gasteiger partial charge in [-0.15, -0.1) is 12.4 Å². The van der Waals surface area contributed by atoms with Crippen molar-refractivity contribution in [3.8, 4) is 0 Å². The van der Waals surface area contributed by atoms with Crippen LogP contribution < -0.4 is 11.1 Å². The van der Waals surface area contributed by atoms with E-state index in [1.165, 1.54) is 0 Å². The third kappa shape index (κ3) is 5.01. The summed E-state index contributed by atoms with van der Waals surface area (Å²) in [6, 6.07) is 5.24. The Balaban J connectivity index is 0.00000324. The smallest absolute Gasteiger partial charge is 0.251 e. The second kappa shape index (κ2) is 7.73. The number of nitrogens with one attached hydrogen (secondary N) is 1. The fourth-order valence-corrected chi connectivity index (χ4v) is 1.96. The molecule has 19 heavy (non-hydrogen) atoms. The van der Waals surface area contributed by atoms with Crippen LogP contribution in [-0.2, 0) is 0 Å². The Labute approximate surface area is 126 Å². The van der Waals surface area contributed by atoms with Gasteiger partial charge in [0.15, 0.2) is 0 Å². The average molecular weight is 305 g/mol. The van der Waals surface area contributed by atoms with Crippen molar-refractivity contribution in [3.63, 3.8) is 0 Å². The lowest BCUT2D eigenvalue weighted by atomic mass is 9.94. The van der Waals surface area contributed by atoms with Gasteiger partial charge in [0.25, 0.3) is 5.91 Å². The molecule has 0 aliphatic rings. The maximum Gasteiger partial charge on any atom is 0.251 e. The van der Waals surface area contributed by atoms with Gasteiger partial charge in [-0.3, -0.25) is 4.79 Å². The van der Waals surface area contributed by atoms with Crippen LogP contribution in [0.2, 0.25) is 5.02 Å². The second-order valence-corrected chi connectivity index (χ2v) is 5.15. The molecule has 0 aliphatic carbocycles. The average Bonchev–Trinajstić information content (AvgIpc) is 2.35. The number of amides is 1. The lowest BCUT2D eigenvalue weighted by Gasteiger charge is -2.26. The molecule has 108 valence electrons. The van der Waals surface area contributed by atoms with Gasteiger partial charge in [-0.05, 0) is 43.5 Å². The van der Waals surface area contributed by atoms with E-state index in [9.17, 15) is 4.79 Å². The second-order valence-electron chi connectivity index (χ2n) is 4.71. The zero-order chi connectivity index (χ0) is 13.8. The quantitative estimate of drug-likeness (QED) is 0.877. The predicted octanol–water partition coefficient (Wildman–Crippen LogP) is 3.32. The standard InChI is InChI=1S/C14H21ClN2O.ClH/c1-4-14(16,5-2)9-17-13(18)12-7-6-11(15)8-10(12)3;/h6-8H,4-5,9,16H2,1-3H3,(H,17,18);1H. The molecule has 0 saturated carbocycles. The summed E-state index contributed by atoms with van der Waals surface area (Å²) >= 11 is 5.86. The molecule has 0 heterocycles. The largest absolute Gasteiger partial charge is 0.350 e. The van der Waals surface area contributed by atoms with Gasteiger partial charge in [-0.1, -0.05) is 25.4 Å². The van der Waals surface area contributed by atoms with Crippen LogP contribution >= 0.6 is 24.0 Å². The van der Waals surface area contributed by atoms with Crippen molar-refractivity contribution in [2.75, 3.05) is 6.54 Å². The highest BCUT2D eigenvalue weighted by atomic mass is 35.5. The van der Waals surface area contributed by atoms with Crippen LogP contribution in [0.4, 0.5) is 0 Å². The minimum absolute atomic E-state index is 0. The maximum absolute atomic E-state index is 12.0. The third-order valence-electron chi connectivity index (χ3n) is 3.44. The summed E-state index contributed by atoms with van der Waals surface area (Å²) in [5.74, 6) is -0.0964. The van der Waals surface area contributed by atoms with E-state index in [1.54, 1.807) is 18.2 Å². The van der Waals surface area contributed by atoms with Crippen LogP contribution in [0.5, 0.6) is 0 Å². The van der Waals surface area contributed by atoms with Gasteiger partial charge in [0.1, 0.15) is 0 Å². The summed E-state index contributed by atoms with van der Waals surface area (Å²) in [6.45, 7) is 6.42. The van der Waals surface area contributed by atoms with Gasteiger partial charge < -0.3 is 11.1 Å².